The molecule has 1 aliphatic rings. The first-order chi connectivity index (χ1) is 9.69. The summed E-state index contributed by atoms with van der Waals surface area (Å²) in [7, 11) is 0. The van der Waals surface area contributed by atoms with Crippen LogP contribution in [0.1, 0.15) is 64.1 Å². The van der Waals surface area contributed by atoms with Gasteiger partial charge in [0.2, 0.25) is 11.8 Å². The van der Waals surface area contributed by atoms with Gasteiger partial charge in [-0.05, 0) is 25.2 Å². The number of rotatable bonds is 6. The summed E-state index contributed by atoms with van der Waals surface area (Å²) in [5, 5.41) is 7.04. The molecule has 1 aromatic rings. The van der Waals surface area contributed by atoms with Gasteiger partial charge in [-0.25, -0.2) is 0 Å². The Balaban J connectivity index is 1.73. The van der Waals surface area contributed by atoms with Crippen molar-refractivity contribution in [2.24, 2.45) is 5.92 Å². The molecule has 1 aromatic heterocycles. The number of carbonyl (C=O) groups is 1. The Morgan fingerprint density at radius 3 is 2.90 bits per heavy atom. The van der Waals surface area contributed by atoms with Gasteiger partial charge in [-0.1, -0.05) is 31.8 Å². The van der Waals surface area contributed by atoms with Crippen LogP contribution < -0.4 is 5.32 Å². The maximum absolute atomic E-state index is 12.0. The molecule has 1 N–H and O–H groups in total. The lowest BCUT2D eigenvalue weighted by atomic mass is 9.86. The molecule has 0 spiro atoms. The van der Waals surface area contributed by atoms with Gasteiger partial charge in [0.25, 0.3) is 0 Å². The molecule has 5 nitrogen and oxygen atoms in total. The van der Waals surface area contributed by atoms with Crippen LogP contribution in [0.15, 0.2) is 4.52 Å². The number of aryl methyl sites for hydroxylation is 2. The Morgan fingerprint density at radius 1 is 1.35 bits per heavy atom. The van der Waals surface area contributed by atoms with Crippen LogP contribution in [0.25, 0.3) is 0 Å². The minimum atomic E-state index is 0.0963. The standard InChI is InChI=1S/C15H25N3O2/c1-3-6-13-17-15(20-18-13)10-9-14(19)16-12-8-5-4-7-11(12)2/h11-12H,3-10H2,1-2H3,(H,16,19)/t11-,12+/m1/s1. The van der Waals surface area contributed by atoms with Gasteiger partial charge in [-0.2, -0.15) is 4.98 Å². The average molecular weight is 279 g/mol. The number of carbonyl (C=O) groups excluding carboxylic acids is 1. The smallest absolute Gasteiger partial charge is 0.227 e. The van der Waals surface area contributed by atoms with Gasteiger partial charge in [0, 0.05) is 25.3 Å². The van der Waals surface area contributed by atoms with E-state index in [0.717, 1.165) is 25.1 Å². The molecule has 0 aromatic carbocycles. The second-order valence-corrected chi connectivity index (χ2v) is 5.79. The lowest BCUT2D eigenvalue weighted by molar-refractivity contribution is -0.122. The fraction of sp³-hybridized carbons (Fsp3) is 0.800. The summed E-state index contributed by atoms with van der Waals surface area (Å²) < 4.78 is 5.14. The van der Waals surface area contributed by atoms with Gasteiger partial charge in [0.1, 0.15) is 0 Å². The van der Waals surface area contributed by atoms with E-state index in [1.165, 1.54) is 19.3 Å². The number of amides is 1. The van der Waals surface area contributed by atoms with Gasteiger partial charge >= 0.3 is 0 Å². The molecule has 1 saturated carbocycles. The second kappa shape index (κ2) is 7.41. The first-order valence-corrected chi connectivity index (χ1v) is 7.80. The van der Waals surface area contributed by atoms with Crippen molar-refractivity contribution in [1.82, 2.24) is 15.5 Å². The van der Waals surface area contributed by atoms with E-state index in [0.29, 0.717) is 30.7 Å². The molecule has 20 heavy (non-hydrogen) atoms. The zero-order valence-corrected chi connectivity index (χ0v) is 12.5. The Hall–Kier alpha value is -1.39. The van der Waals surface area contributed by atoms with Crippen molar-refractivity contribution in [3.63, 3.8) is 0 Å². The molecule has 0 saturated heterocycles. The van der Waals surface area contributed by atoms with Crippen LogP contribution >= 0.6 is 0 Å². The zero-order chi connectivity index (χ0) is 14.4. The molecule has 1 heterocycles. The molecule has 1 aliphatic carbocycles. The highest BCUT2D eigenvalue weighted by Gasteiger charge is 2.22. The lowest BCUT2D eigenvalue weighted by Crippen LogP contribution is -2.41. The minimum absolute atomic E-state index is 0.0963. The van der Waals surface area contributed by atoms with E-state index in [1.807, 2.05) is 0 Å². The largest absolute Gasteiger partial charge is 0.353 e. The number of aromatic nitrogens is 2. The van der Waals surface area contributed by atoms with Crippen molar-refractivity contribution >= 4 is 5.91 Å². The van der Waals surface area contributed by atoms with Crippen LogP contribution in [0.4, 0.5) is 0 Å². The molecular weight excluding hydrogens is 254 g/mol. The SMILES string of the molecule is CCCc1noc(CCC(=O)N[C@H]2CCCC[C@H]2C)n1. The van der Waals surface area contributed by atoms with E-state index in [-0.39, 0.29) is 5.91 Å². The molecular formula is C15H25N3O2. The van der Waals surface area contributed by atoms with Crippen LogP contribution in [-0.4, -0.2) is 22.1 Å². The van der Waals surface area contributed by atoms with Crippen molar-refractivity contribution in [3.05, 3.63) is 11.7 Å². The highest BCUT2D eigenvalue weighted by Crippen LogP contribution is 2.23. The topological polar surface area (TPSA) is 68.0 Å². The van der Waals surface area contributed by atoms with E-state index < -0.39 is 0 Å². The van der Waals surface area contributed by atoms with Crippen molar-refractivity contribution in [3.8, 4) is 0 Å². The van der Waals surface area contributed by atoms with Gasteiger partial charge in [-0.15, -0.1) is 0 Å². The van der Waals surface area contributed by atoms with Crippen LogP contribution in [0.2, 0.25) is 0 Å². The highest BCUT2D eigenvalue weighted by atomic mass is 16.5. The molecule has 0 unspecified atom stereocenters. The Labute approximate surface area is 120 Å². The second-order valence-electron chi connectivity index (χ2n) is 5.79. The third-order valence-corrected chi connectivity index (χ3v) is 4.01. The molecule has 1 amide bonds. The molecule has 2 rings (SSSR count). The fourth-order valence-corrected chi connectivity index (χ4v) is 2.75. The summed E-state index contributed by atoms with van der Waals surface area (Å²) in [6.45, 7) is 4.30. The Bertz CT molecular complexity index is 431. The van der Waals surface area contributed by atoms with Crippen molar-refractivity contribution < 1.29 is 9.32 Å². The van der Waals surface area contributed by atoms with E-state index in [4.69, 9.17) is 4.52 Å². The van der Waals surface area contributed by atoms with Crippen molar-refractivity contribution in [1.29, 1.82) is 0 Å². The van der Waals surface area contributed by atoms with Crippen molar-refractivity contribution in [2.45, 2.75) is 71.3 Å². The van der Waals surface area contributed by atoms with Crippen LogP contribution in [0, 0.1) is 5.92 Å². The third-order valence-electron chi connectivity index (χ3n) is 4.01. The first-order valence-electron chi connectivity index (χ1n) is 7.80. The normalized spacial score (nSPS) is 22.7. The summed E-state index contributed by atoms with van der Waals surface area (Å²) in [5.41, 5.74) is 0. The summed E-state index contributed by atoms with van der Waals surface area (Å²) in [6.07, 6.45) is 7.62. The van der Waals surface area contributed by atoms with E-state index >= 15 is 0 Å². The maximum Gasteiger partial charge on any atom is 0.227 e. The average Bonchev–Trinajstić information content (AvgIpc) is 2.87. The molecule has 0 radical (unpaired) electrons. The number of hydrogen-bond donors (Lipinski definition) is 1. The molecule has 0 bridgehead atoms. The van der Waals surface area contributed by atoms with Crippen molar-refractivity contribution in [2.75, 3.05) is 0 Å². The predicted molar refractivity (Wildman–Crippen MR) is 76.2 cm³/mol. The number of nitrogens with one attached hydrogen (secondary N) is 1. The summed E-state index contributed by atoms with van der Waals surface area (Å²) in [4.78, 5) is 16.2. The summed E-state index contributed by atoms with van der Waals surface area (Å²) in [5.74, 6) is 2.00. The van der Waals surface area contributed by atoms with Crippen LogP contribution in [0.5, 0.6) is 0 Å². The third kappa shape index (κ3) is 4.32. The number of nitrogens with zero attached hydrogens (tertiary/aromatic N) is 2. The van der Waals surface area contributed by atoms with Gasteiger partial charge in [-0.3, -0.25) is 4.79 Å². The quantitative estimate of drug-likeness (QED) is 0.869. The molecule has 5 heteroatoms. The molecule has 112 valence electrons. The molecule has 0 aliphatic heterocycles. The monoisotopic (exact) mass is 279 g/mol. The minimum Gasteiger partial charge on any atom is -0.353 e. The van der Waals surface area contributed by atoms with Gasteiger partial charge in [0.05, 0.1) is 0 Å². The zero-order valence-electron chi connectivity index (χ0n) is 12.5. The van der Waals surface area contributed by atoms with Gasteiger partial charge in [0.15, 0.2) is 5.82 Å². The van der Waals surface area contributed by atoms with Gasteiger partial charge < -0.3 is 9.84 Å². The van der Waals surface area contributed by atoms with E-state index in [9.17, 15) is 4.79 Å². The first kappa shape index (κ1) is 15.0. The van der Waals surface area contributed by atoms with E-state index in [1.54, 1.807) is 0 Å². The van der Waals surface area contributed by atoms with Crippen LogP contribution in [0.3, 0.4) is 0 Å². The van der Waals surface area contributed by atoms with Crippen LogP contribution in [-0.2, 0) is 17.6 Å². The summed E-state index contributed by atoms with van der Waals surface area (Å²) in [6, 6.07) is 0.342. The number of hydrogen-bond acceptors (Lipinski definition) is 4. The van der Waals surface area contributed by atoms with E-state index in [2.05, 4.69) is 29.3 Å². The highest BCUT2D eigenvalue weighted by molar-refractivity contribution is 5.76. The Morgan fingerprint density at radius 2 is 2.15 bits per heavy atom. The lowest BCUT2D eigenvalue weighted by Gasteiger charge is -2.29. The fourth-order valence-electron chi connectivity index (χ4n) is 2.75. The maximum atomic E-state index is 12.0. The molecule has 1 fully saturated rings. The summed E-state index contributed by atoms with van der Waals surface area (Å²) >= 11 is 0. The Kier molecular flexibility index (Phi) is 5.56. The molecule has 2 atom stereocenters. The predicted octanol–water partition coefficient (Wildman–Crippen LogP) is 2.65.